The molecule has 1 atom stereocenters. The molecule has 1 heterocycles. The Morgan fingerprint density at radius 1 is 0.897 bits per heavy atom. The number of rotatable bonds is 5. The Morgan fingerprint density at radius 2 is 1.55 bits per heavy atom. The van der Waals surface area contributed by atoms with Gasteiger partial charge in [-0.2, -0.15) is 5.10 Å². The first kappa shape index (κ1) is 19.0. The first-order chi connectivity index (χ1) is 14.0. The summed E-state index contributed by atoms with van der Waals surface area (Å²) in [5.41, 5.74) is 0.362. The maximum Gasteiger partial charge on any atom is 0.275 e. The highest BCUT2D eigenvalue weighted by atomic mass is 32.2. The zero-order valence-corrected chi connectivity index (χ0v) is 16.2. The number of aromatic nitrogens is 2. The Labute approximate surface area is 167 Å². The molecule has 0 aliphatic rings. The molecule has 0 aliphatic carbocycles. The monoisotopic (exact) mass is 406 g/mol. The molecule has 4 rings (SSSR count). The second kappa shape index (κ2) is 7.62. The summed E-state index contributed by atoms with van der Waals surface area (Å²) in [4.78, 5) is 13.3. The zero-order valence-electron chi connectivity index (χ0n) is 15.3. The van der Waals surface area contributed by atoms with Crippen LogP contribution in [-0.4, -0.2) is 29.9 Å². The highest BCUT2D eigenvalue weighted by molar-refractivity contribution is 7.91. The topological polar surface area (TPSA) is 89.3 Å². The van der Waals surface area contributed by atoms with E-state index >= 15 is 0 Å². The van der Waals surface area contributed by atoms with Crippen molar-refractivity contribution >= 4 is 20.6 Å². The molecule has 7 heteroatoms. The fourth-order valence-corrected chi connectivity index (χ4v) is 4.58. The summed E-state index contributed by atoms with van der Waals surface area (Å²) < 4.78 is 26.9. The van der Waals surface area contributed by atoms with Crippen LogP contribution in [0.2, 0.25) is 0 Å². The minimum Gasteiger partial charge on any atom is -0.394 e. The van der Waals surface area contributed by atoms with Gasteiger partial charge in [0, 0.05) is 5.39 Å². The third-order valence-corrected chi connectivity index (χ3v) is 6.57. The molecule has 4 aromatic rings. The summed E-state index contributed by atoms with van der Waals surface area (Å²) in [5, 5.41) is 14.8. The number of aliphatic hydroxyl groups excluding tert-OH is 1. The average Bonchev–Trinajstić information content (AvgIpc) is 2.77. The second-order valence-corrected chi connectivity index (χ2v) is 8.52. The predicted octanol–water partition coefficient (Wildman–Crippen LogP) is 2.81. The number of nitrogens with zero attached hydrogens (tertiary/aromatic N) is 2. The molecule has 0 saturated heterocycles. The molecular weight excluding hydrogens is 388 g/mol. The summed E-state index contributed by atoms with van der Waals surface area (Å²) in [6.45, 7) is -0.289. The molecular formula is C22H18N2O4S. The summed E-state index contributed by atoms with van der Waals surface area (Å²) in [5.74, 6) is 0. The van der Waals surface area contributed by atoms with Gasteiger partial charge in [0.2, 0.25) is 9.84 Å². The molecule has 1 N–H and O–H groups in total. The van der Waals surface area contributed by atoms with Gasteiger partial charge in [-0.25, -0.2) is 13.1 Å². The maximum atomic E-state index is 13.0. The number of hydrogen-bond acceptors (Lipinski definition) is 5. The molecule has 29 heavy (non-hydrogen) atoms. The highest BCUT2D eigenvalue weighted by Crippen LogP contribution is 2.24. The second-order valence-electron chi connectivity index (χ2n) is 6.57. The Balaban J connectivity index is 1.81. The van der Waals surface area contributed by atoms with E-state index in [0.29, 0.717) is 10.8 Å². The molecule has 6 nitrogen and oxygen atoms in total. The van der Waals surface area contributed by atoms with Gasteiger partial charge >= 0.3 is 0 Å². The van der Waals surface area contributed by atoms with Crippen molar-refractivity contribution in [1.82, 2.24) is 9.78 Å². The number of hydrogen-bond donors (Lipinski definition) is 1. The average molecular weight is 406 g/mol. The molecule has 0 aliphatic heterocycles. The number of benzene rings is 3. The summed E-state index contributed by atoms with van der Waals surface area (Å²) >= 11 is 0. The molecule has 0 fully saturated rings. The van der Waals surface area contributed by atoms with Gasteiger partial charge in [-0.3, -0.25) is 4.79 Å². The van der Waals surface area contributed by atoms with Crippen LogP contribution in [0.25, 0.3) is 10.8 Å². The van der Waals surface area contributed by atoms with Crippen molar-refractivity contribution in [1.29, 1.82) is 0 Å². The van der Waals surface area contributed by atoms with E-state index in [-0.39, 0.29) is 16.4 Å². The van der Waals surface area contributed by atoms with E-state index in [4.69, 9.17) is 0 Å². The van der Waals surface area contributed by atoms with E-state index < -0.39 is 21.4 Å². The quantitative estimate of drug-likeness (QED) is 0.551. The summed E-state index contributed by atoms with van der Waals surface area (Å²) in [6, 6.07) is 21.0. The minimum atomic E-state index is -3.69. The fourth-order valence-electron chi connectivity index (χ4n) is 3.27. The highest BCUT2D eigenvalue weighted by Gasteiger charge is 2.20. The lowest BCUT2D eigenvalue weighted by Gasteiger charge is -2.17. The van der Waals surface area contributed by atoms with E-state index in [1.165, 1.54) is 41.2 Å². The van der Waals surface area contributed by atoms with Crippen molar-refractivity contribution in [2.45, 2.75) is 15.8 Å². The Kier molecular flexibility index (Phi) is 5.00. The van der Waals surface area contributed by atoms with Crippen LogP contribution in [0.4, 0.5) is 0 Å². The Morgan fingerprint density at radius 3 is 2.21 bits per heavy atom. The molecule has 0 bridgehead atoms. The van der Waals surface area contributed by atoms with Crippen LogP contribution in [-0.2, 0) is 9.84 Å². The van der Waals surface area contributed by atoms with E-state index in [1.807, 2.05) is 30.3 Å². The Bertz CT molecular complexity index is 1320. The van der Waals surface area contributed by atoms with Crippen molar-refractivity contribution < 1.29 is 13.5 Å². The SMILES string of the molecule is O=c1c2ccc(S(=O)(=O)c3ccccc3)cc2cnn1C(CO)c1ccccc1. The number of sulfone groups is 1. The summed E-state index contributed by atoms with van der Waals surface area (Å²) in [6.07, 6.45) is 1.45. The van der Waals surface area contributed by atoms with Gasteiger partial charge in [-0.05, 0) is 35.9 Å². The van der Waals surface area contributed by atoms with Crippen LogP contribution in [0.3, 0.4) is 0 Å². The van der Waals surface area contributed by atoms with Gasteiger partial charge in [-0.15, -0.1) is 0 Å². The van der Waals surface area contributed by atoms with Gasteiger partial charge in [-0.1, -0.05) is 48.5 Å². The molecule has 0 radical (unpaired) electrons. The first-order valence-corrected chi connectivity index (χ1v) is 10.5. The molecule has 0 amide bonds. The van der Waals surface area contributed by atoms with Crippen molar-refractivity contribution in [3.8, 4) is 0 Å². The number of fused-ring (bicyclic) bond motifs is 1. The van der Waals surface area contributed by atoms with Crippen LogP contribution in [0.1, 0.15) is 11.6 Å². The molecule has 1 aromatic heterocycles. The smallest absolute Gasteiger partial charge is 0.275 e. The van der Waals surface area contributed by atoms with Gasteiger partial charge < -0.3 is 5.11 Å². The normalized spacial score (nSPS) is 12.7. The van der Waals surface area contributed by atoms with Gasteiger partial charge in [0.25, 0.3) is 5.56 Å². The van der Waals surface area contributed by atoms with Crippen molar-refractivity contribution in [3.05, 3.63) is 101 Å². The number of aliphatic hydroxyl groups is 1. The molecule has 146 valence electrons. The lowest BCUT2D eigenvalue weighted by Crippen LogP contribution is -2.30. The van der Waals surface area contributed by atoms with Gasteiger partial charge in [0.05, 0.1) is 28.0 Å². The van der Waals surface area contributed by atoms with E-state index in [0.717, 1.165) is 5.56 Å². The lowest BCUT2D eigenvalue weighted by atomic mass is 10.1. The van der Waals surface area contributed by atoms with Crippen LogP contribution in [0, 0.1) is 0 Å². The van der Waals surface area contributed by atoms with Crippen LogP contribution < -0.4 is 5.56 Å². The molecule has 3 aromatic carbocycles. The summed E-state index contributed by atoms with van der Waals surface area (Å²) in [7, 11) is -3.69. The molecule has 0 spiro atoms. The minimum absolute atomic E-state index is 0.0944. The zero-order chi connectivity index (χ0) is 20.4. The maximum absolute atomic E-state index is 13.0. The third-order valence-electron chi connectivity index (χ3n) is 4.80. The fraction of sp³-hybridized carbons (Fsp3) is 0.0909. The van der Waals surface area contributed by atoms with Crippen molar-refractivity contribution in [2.75, 3.05) is 6.61 Å². The van der Waals surface area contributed by atoms with Gasteiger partial charge in [0.1, 0.15) is 6.04 Å². The predicted molar refractivity (Wildman–Crippen MR) is 110 cm³/mol. The first-order valence-electron chi connectivity index (χ1n) is 9.00. The molecule has 0 saturated carbocycles. The lowest BCUT2D eigenvalue weighted by molar-refractivity contribution is 0.237. The van der Waals surface area contributed by atoms with Crippen LogP contribution >= 0.6 is 0 Å². The van der Waals surface area contributed by atoms with E-state index in [1.54, 1.807) is 18.2 Å². The van der Waals surface area contributed by atoms with Crippen LogP contribution in [0.5, 0.6) is 0 Å². The standard InChI is InChI=1S/C22H18N2O4S/c25-15-21(16-7-3-1-4-8-16)24-22(26)20-12-11-19(13-17(20)14-23-24)29(27,28)18-9-5-2-6-10-18/h1-14,21,25H,15H2. The molecule has 1 unspecified atom stereocenters. The third kappa shape index (κ3) is 3.46. The largest absolute Gasteiger partial charge is 0.394 e. The van der Waals surface area contributed by atoms with E-state index in [9.17, 15) is 18.3 Å². The van der Waals surface area contributed by atoms with Crippen LogP contribution in [0.15, 0.2) is 99.6 Å². The van der Waals surface area contributed by atoms with E-state index in [2.05, 4.69) is 5.10 Å². The van der Waals surface area contributed by atoms with Crippen molar-refractivity contribution in [3.63, 3.8) is 0 Å². The Hall–Kier alpha value is -3.29. The van der Waals surface area contributed by atoms with Crippen molar-refractivity contribution in [2.24, 2.45) is 0 Å². The van der Waals surface area contributed by atoms with Gasteiger partial charge in [0.15, 0.2) is 0 Å².